The second-order valence-corrected chi connectivity index (χ2v) is 17.1. The quantitative estimate of drug-likeness (QED) is 0.160. The van der Waals surface area contributed by atoms with Crippen LogP contribution < -0.4 is 0 Å². The highest BCUT2D eigenvalue weighted by molar-refractivity contribution is 7.25. The Morgan fingerprint density at radius 1 is 0.323 bits per heavy atom. The summed E-state index contributed by atoms with van der Waals surface area (Å²) in [7, 11) is 0. The molecule has 2 aromatic heterocycles. The molecule has 12 rings (SSSR count). The van der Waals surface area contributed by atoms with Crippen LogP contribution in [0.25, 0.3) is 87.5 Å². The SMILES string of the molecule is c1ccc(-c2nc(-c3ccc(-c4ccc5sc6ccccc6c5c4)cc3)cc(-c3ccc(-c4cccc5c4-c4ccccc4C5(c4ccccc4)c4ccccc4)cc3)n2)cc1. The van der Waals surface area contributed by atoms with Gasteiger partial charge in [-0.1, -0.05) is 206 Å². The molecule has 0 bridgehead atoms. The number of aromatic nitrogens is 2. The fraction of sp³-hybridized carbons (Fsp3) is 0.0169. The van der Waals surface area contributed by atoms with Gasteiger partial charge in [0.25, 0.3) is 0 Å². The molecule has 0 fully saturated rings. The van der Waals surface area contributed by atoms with Crippen LogP contribution in [0.15, 0.2) is 231 Å². The van der Waals surface area contributed by atoms with Crippen LogP contribution in [0.3, 0.4) is 0 Å². The van der Waals surface area contributed by atoms with Gasteiger partial charge in [-0.15, -0.1) is 11.3 Å². The average molecular weight is 807 g/mol. The van der Waals surface area contributed by atoms with Gasteiger partial charge >= 0.3 is 0 Å². The third-order valence-electron chi connectivity index (χ3n) is 12.6. The molecule has 0 spiro atoms. The number of hydrogen-bond donors (Lipinski definition) is 0. The van der Waals surface area contributed by atoms with Crippen LogP contribution in [0, 0.1) is 0 Å². The molecule has 1 aliphatic rings. The Bertz CT molecular complexity index is 3390. The van der Waals surface area contributed by atoms with Gasteiger partial charge in [-0.3, -0.25) is 0 Å². The maximum Gasteiger partial charge on any atom is 0.160 e. The van der Waals surface area contributed by atoms with E-state index in [0.29, 0.717) is 5.82 Å². The summed E-state index contributed by atoms with van der Waals surface area (Å²) in [6.07, 6.45) is 0. The van der Waals surface area contributed by atoms with E-state index < -0.39 is 5.41 Å². The van der Waals surface area contributed by atoms with Gasteiger partial charge in [-0.25, -0.2) is 9.97 Å². The van der Waals surface area contributed by atoms with Gasteiger partial charge in [0, 0.05) is 36.9 Å². The van der Waals surface area contributed by atoms with E-state index in [-0.39, 0.29) is 0 Å². The first-order valence-electron chi connectivity index (χ1n) is 21.1. The van der Waals surface area contributed by atoms with E-state index in [1.165, 1.54) is 75.8 Å². The standard InChI is InChI=1S/C59H38N2S/c1-4-15-43(16-5-1)58-60-53(41-31-27-39(28-32-41)44-35-36-56-50(37-44)48-21-11-13-26-55(48)62-56)38-54(61-58)42-33-29-40(30-34-42)47-23-14-25-52-57(47)49-22-10-12-24-51(49)59(52,45-17-6-2-7-18-45)46-19-8-3-9-20-46/h1-38H. The highest BCUT2D eigenvalue weighted by atomic mass is 32.1. The molecule has 0 saturated carbocycles. The van der Waals surface area contributed by atoms with E-state index in [2.05, 4.69) is 212 Å². The molecule has 0 amide bonds. The maximum absolute atomic E-state index is 5.18. The topological polar surface area (TPSA) is 25.8 Å². The Balaban J connectivity index is 0.940. The summed E-state index contributed by atoms with van der Waals surface area (Å²) in [5.74, 6) is 0.705. The van der Waals surface area contributed by atoms with Gasteiger partial charge < -0.3 is 0 Å². The molecule has 1 aliphatic carbocycles. The predicted molar refractivity (Wildman–Crippen MR) is 259 cm³/mol. The van der Waals surface area contributed by atoms with Crippen molar-refractivity contribution in [3.63, 3.8) is 0 Å². The number of benzene rings is 9. The van der Waals surface area contributed by atoms with Crippen LogP contribution in [0.2, 0.25) is 0 Å². The lowest BCUT2D eigenvalue weighted by atomic mass is 9.67. The van der Waals surface area contributed by atoms with Gasteiger partial charge in [0.1, 0.15) is 0 Å². The summed E-state index contributed by atoms with van der Waals surface area (Å²) < 4.78 is 2.63. The fourth-order valence-electron chi connectivity index (χ4n) is 9.75. The molecule has 0 saturated heterocycles. The largest absolute Gasteiger partial charge is 0.228 e. The van der Waals surface area contributed by atoms with Crippen LogP contribution in [-0.4, -0.2) is 9.97 Å². The number of nitrogens with zero attached hydrogens (tertiary/aromatic N) is 2. The summed E-state index contributed by atoms with van der Waals surface area (Å²) in [5, 5.41) is 2.62. The lowest BCUT2D eigenvalue weighted by molar-refractivity contribution is 0.768. The van der Waals surface area contributed by atoms with Crippen molar-refractivity contribution in [2.24, 2.45) is 0 Å². The monoisotopic (exact) mass is 806 g/mol. The van der Waals surface area contributed by atoms with Gasteiger partial charge in [-0.05, 0) is 79.9 Å². The lowest BCUT2D eigenvalue weighted by Gasteiger charge is -2.34. The van der Waals surface area contributed by atoms with Crippen molar-refractivity contribution in [3.05, 3.63) is 253 Å². The minimum Gasteiger partial charge on any atom is -0.228 e. The van der Waals surface area contributed by atoms with Crippen LogP contribution in [0.4, 0.5) is 0 Å². The van der Waals surface area contributed by atoms with Crippen molar-refractivity contribution in [1.29, 1.82) is 0 Å². The number of thiophene rings is 1. The summed E-state index contributed by atoms with van der Waals surface area (Å²) >= 11 is 1.85. The predicted octanol–water partition coefficient (Wildman–Crippen LogP) is 15.5. The van der Waals surface area contributed by atoms with Crippen LogP contribution in [0.1, 0.15) is 22.3 Å². The highest BCUT2D eigenvalue weighted by Crippen LogP contribution is 2.58. The van der Waals surface area contributed by atoms with Gasteiger partial charge in [0.05, 0.1) is 16.8 Å². The molecule has 0 unspecified atom stereocenters. The number of fused-ring (bicyclic) bond motifs is 6. The van der Waals surface area contributed by atoms with Crippen LogP contribution in [-0.2, 0) is 5.41 Å². The lowest BCUT2D eigenvalue weighted by Crippen LogP contribution is -2.28. The summed E-state index contributed by atoms with van der Waals surface area (Å²) in [4.78, 5) is 10.3. The van der Waals surface area contributed by atoms with Crippen molar-refractivity contribution < 1.29 is 0 Å². The summed E-state index contributed by atoms with van der Waals surface area (Å²) in [6, 6.07) is 83.4. The van der Waals surface area contributed by atoms with Crippen molar-refractivity contribution in [2.45, 2.75) is 5.41 Å². The van der Waals surface area contributed by atoms with E-state index in [4.69, 9.17) is 9.97 Å². The molecule has 290 valence electrons. The molecule has 3 heteroatoms. The van der Waals surface area contributed by atoms with E-state index in [1.807, 2.05) is 29.5 Å². The van der Waals surface area contributed by atoms with Crippen LogP contribution in [0.5, 0.6) is 0 Å². The van der Waals surface area contributed by atoms with Crippen molar-refractivity contribution in [2.75, 3.05) is 0 Å². The van der Waals surface area contributed by atoms with Gasteiger partial charge in [0.2, 0.25) is 0 Å². The zero-order valence-electron chi connectivity index (χ0n) is 33.7. The molecular formula is C59H38N2S. The normalized spacial score (nSPS) is 12.6. The molecule has 11 aromatic rings. The summed E-state index contributed by atoms with van der Waals surface area (Å²) in [6.45, 7) is 0. The Morgan fingerprint density at radius 2 is 0.839 bits per heavy atom. The summed E-state index contributed by atoms with van der Waals surface area (Å²) in [5.41, 5.74) is 16.9. The molecule has 62 heavy (non-hydrogen) atoms. The Hall–Kier alpha value is -7.72. The molecular weight excluding hydrogens is 769 g/mol. The first kappa shape index (κ1) is 36.2. The van der Waals surface area contributed by atoms with Gasteiger partial charge in [0.15, 0.2) is 5.82 Å². The highest BCUT2D eigenvalue weighted by Gasteiger charge is 2.46. The maximum atomic E-state index is 5.18. The van der Waals surface area contributed by atoms with E-state index in [1.54, 1.807) is 0 Å². The Morgan fingerprint density at radius 3 is 1.53 bits per heavy atom. The third-order valence-corrected chi connectivity index (χ3v) is 13.8. The molecule has 2 heterocycles. The minimum absolute atomic E-state index is 0.444. The zero-order valence-corrected chi connectivity index (χ0v) is 34.6. The Kier molecular flexibility index (Phi) is 8.62. The number of rotatable bonds is 7. The average Bonchev–Trinajstić information content (AvgIpc) is 3.88. The number of hydrogen-bond acceptors (Lipinski definition) is 3. The minimum atomic E-state index is -0.444. The van der Waals surface area contributed by atoms with Crippen molar-refractivity contribution >= 4 is 31.5 Å². The first-order valence-corrected chi connectivity index (χ1v) is 22.0. The second kappa shape index (κ2) is 14.8. The molecule has 0 N–H and O–H groups in total. The smallest absolute Gasteiger partial charge is 0.160 e. The Labute approximate surface area is 365 Å². The molecule has 9 aromatic carbocycles. The van der Waals surface area contributed by atoms with Crippen molar-refractivity contribution in [3.8, 4) is 67.3 Å². The zero-order chi connectivity index (χ0) is 41.0. The van der Waals surface area contributed by atoms with Crippen molar-refractivity contribution in [1.82, 2.24) is 9.97 Å². The van der Waals surface area contributed by atoms with E-state index in [0.717, 1.165) is 28.1 Å². The van der Waals surface area contributed by atoms with Gasteiger partial charge in [-0.2, -0.15) is 0 Å². The molecule has 0 aliphatic heterocycles. The first-order chi connectivity index (χ1) is 30.7. The third kappa shape index (κ3) is 5.85. The van der Waals surface area contributed by atoms with E-state index >= 15 is 0 Å². The van der Waals surface area contributed by atoms with E-state index in [9.17, 15) is 0 Å². The fourth-order valence-corrected chi connectivity index (χ4v) is 10.8. The molecule has 0 atom stereocenters. The molecule has 0 radical (unpaired) electrons. The second-order valence-electron chi connectivity index (χ2n) is 16.0. The van der Waals surface area contributed by atoms with Crippen LogP contribution >= 0.6 is 11.3 Å². The molecule has 2 nitrogen and oxygen atoms in total.